The third kappa shape index (κ3) is 15.2. The first-order chi connectivity index (χ1) is 12.5. The third-order valence-electron chi connectivity index (χ3n) is 3.91. The molecule has 0 aliphatic carbocycles. The highest BCUT2D eigenvalue weighted by molar-refractivity contribution is 14.1. The monoisotopic (exact) mass is 516 g/mol. The summed E-state index contributed by atoms with van der Waals surface area (Å²) in [6, 6.07) is 0. The van der Waals surface area contributed by atoms with Gasteiger partial charge in [0.1, 0.15) is 6.10 Å². The summed E-state index contributed by atoms with van der Waals surface area (Å²) in [7, 11) is 0. The van der Waals surface area contributed by atoms with E-state index in [1.807, 2.05) is 0 Å². The zero-order chi connectivity index (χ0) is 20.9. The van der Waals surface area contributed by atoms with Gasteiger partial charge in [0.2, 0.25) is 0 Å². The standard InChI is InChI=1S/C18H27F6IO2/c1-2-3-4-5-6-7-8-9-10-11-12-15(14(25)13-17(19,20)21)27-16(26)18(22,23)24/h13,15H,2-12H2,1H3/b14-13-. The van der Waals surface area contributed by atoms with Crippen molar-refractivity contribution in [2.45, 2.75) is 96.0 Å². The molecule has 0 aromatic carbocycles. The molecule has 2 nitrogen and oxygen atoms in total. The molecule has 0 heterocycles. The SMILES string of the molecule is CCCCCCCCCCCCC(OC(=O)C(F)(F)F)/C(I)=C/C(F)(F)F. The van der Waals surface area contributed by atoms with E-state index >= 15 is 0 Å². The van der Waals surface area contributed by atoms with Crippen LogP contribution in [-0.4, -0.2) is 24.4 Å². The Morgan fingerprint density at radius 2 is 1.33 bits per heavy atom. The van der Waals surface area contributed by atoms with Crippen LogP contribution in [0.4, 0.5) is 26.3 Å². The van der Waals surface area contributed by atoms with Crippen molar-refractivity contribution < 1.29 is 35.9 Å². The van der Waals surface area contributed by atoms with Gasteiger partial charge in [0.15, 0.2) is 0 Å². The van der Waals surface area contributed by atoms with E-state index in [0.717, 1.165) is 25.7 Å². The van der Waals surface area contributed by atoms with Gasteiger partial charge in [-0.1, -0.05) is 64.7 Å². The number of halogens is 7. The predicted octanol–water partition coefficient (Wildman–Crippen LogP) is 7.65. The van der Waals surface area contributed by atoms with E-state index in [0.29, 0.717) is 12.8 Å². The molecule has 1 atom stereocenters. The van der Waals surface area contributed by atoms with Crippen molar-refractivity contribution in [3.63, 3.8) is 0 Å². The number of hydrogen-bond acceptors (Lipinski definition) is 2. The van der Waals surface area contributed by atoms with E-state index in [9.17, 15) is 31.1 Å². The molecular formula is C18H27F6IO2. The first-order valence-corrected chi connectivity index (χ1v) is 10.3. The largest absolute Gasteiger partial charge is 0.490 e. The average molecular weight is 516 g/mol. The van der Waals surface area contributed by atoms with E-state index < -0.39 is 28.0 Å². The van der Waals surface area contributed by atoms with Crippen LogP contribution in [0.1, 0.15) is 77.6 Å². The number of alkyl halides is 6. The third-order valence-corrected chi connectivity index (χ3v) is 4.92. The lowest BCUT2D eigenvalue weighted by Crippen LogP contribution is -2.30. The number of rotatable bonds is 13. The van der Waals surface area contributed by atoms with Gasteiger partial charge in [0.25, 0.3) is 0 Å². The summed E-state index contributed by atoms with van der Waals surface area (Å²) in [6.07, 6.45) is -1.73. The lowest BCUT2D eigenvalue weighted by Gasteiger charge is -2.19. The minimum absolute atomic E-state index is 0.0663. The fourth-order valence-electron chi connectivity index (χ4n) is 2.52. The van der Waals surface area contributed by atoms with Crippen LogP contribution in [0.2, 0.25) is 0 Å². The minimum Gasteiger partial charge on any atom is -0.450 e. The van der Waals surface area contributed by atoms with Gasteiger partial charge >= 0.3 is 18.3 Å². The van der Waals surface area contributed by atoms with Gasteiger partial charge in [0.05, 0.1) is 0 Å². The molecule has 1 unspecified atom stereocenters. The predicted molar refractivity (Wildman–Crippen MR) is 101 cm³/mol. The van der Waals surface area contributed by atoms with E-state index in [2.05, 4.69) is 11.7 Å². The topological polar surface area (TPSA) is 26.3 Å². The van der Waals surface area contributed by atoms with Crippen molar-refractivity contribution in [1.82, 2.24) is 0 Å². The summed E-state index contributed by atoms with van der Waals surface area (Å²) in [5.74, 6) is -2.47. The average Bonchev–Trinajstić information content (AvgIpc) is 2.52. The van der Waals surface area contributed by atoms with Crippen molar-refractivity contribution in [3.8, 4) is 0 Å². The van der Waals surface area contributed by atoms with Crippen LogP contribution < -0.4 is 0 Å². The van der Waals surface area contributed by atoms with Crippen LogP contribution in [0.15, 0.2) is 9.66 Å². The molecule has 0 aromatic heterocycles. The van der Waals surface area contributed by atoms with Crippen LogP contribution in [0.5, 0.6) is 0 Å². The highest BCUT2D eigenvalue weighted by atomic mass is 127. The molecule has 0 aliphatic rings. The van der Waals surface area contributed by atoms with Crippen LogP contribution >= 0.6 is 22.6 Å². The first kappa shape index (κ1) is 26.5. The van der Waals surface area contributed by atoms with Gasteiger partial charge in [-0.25, -0.2) is 4.79 Å². The smallest absolute Gasteiger partial charge is 0.450 e. The zero-order valence-electron chi connectivity index (χ0n) is 15.4. The maximum Gasteiger partial charge on any atom is 0.490 e. The van der Waals surface area contributed by atoms with Crippen molar-refractivity contribution in [2.24, 2.45) is 0 Å². The Kier molecular flexibility index (Phi) is 13.4. The Labute approximate surface area is 170 Å². The molecule has 0 rings (SSSR count). The summed E-state index contributed by atoms with van der Waals surface area (Å²) in [6.45, 7) is 2.14. The number of carbonyl (C=O) groups excluding carboxylic acids is 1. The molecule has 0 amide bonds. The molecule has 0 saturated heterocycles. The fourth-order valence-corrected chi connectivity index (χ4v) is 3.31. The highest BCUT2D eigenvalue weighted by Gasteiger charge is 2.42. The number of carbonyl (C=O) groups is 1. The van der Waals surface area contributed by atoms with E-state index in [-0.39, 0.29) is 12.5 Å². The molecule has 0 radical (unpaired) electrons. The number of esters is 1. The van der Waals surface area contributed by atoms with Crippen LogP contribution in [0, 0.1) is 0 Å². The maximum absolute atomic E-state index is 12.4. The quantitative estimate of drug-likeness (QED) is 0.109. The van der Waals surface area contributed by atoms with Crippen LogP contribution in [-0.2, 0) is 9.53 Å². The first-order valence-electron chi connectivity index (χ1n) is 9.20. The van der Waals surface area contributed by atoms with E-state index in [1.54, 1.807) is 0 Å². The lowest BCUT2D eigenvalue weighted by atomic mass is 10.0. The number of unbranched alkanes of at least 4 members (excludes halogenated alkanes) is 9. The maximum atomic E-state index is 12.4. The van der Waals surface area contributed by atoms with E-state index in [4.69, 9.17) is 0 Å². The van der Waals surface area contributed by atoms with Gasteiger partial charge in [-0.15, -0.1) is 0 Å². The Hall–Kier alpha value is -0.480. The second-order valence-electron chi connectivity index (χ2n) is 6.43. The summed E-state index contributed by atoms with van der Waals surface area (Å²) >= 11 is 1.28. The van der Waals surface area contributed by atoms with Gasteiger partial charge < -0.3 is 4.74 Å². The Morgan fingerprint density at radius 1 is 0.889 bits per heavy atom. The molecule has 9 heteroatoms. The number of ether oxygens (including phenoxy) is 1. The molecule has 27 heavy (non-hydrogen) atoms. The second kappa shape index (κ2) is 13.7. The van der Waals surface area contributed by atoms with Crippen molar-refractivity contribution in [3.05, 3.63) is 9.66 Å². The zero-order valence-corrected chi connectivity index (χ0v) is 17.6. The second-order valence-corrected chi connectivity index (χ2v) is 7.68. The molecule has 0 spiro atoms. The minimum atomic E-state index is -5.23. The number of allylic oxidation sites excluding steroid dienone is 1. The highest BCUT2D eigenvalue weighted by Crippen LogP contribution is 2.29. The molecule has 160 valence electrons. The molecule has 0 fully saturated rings. The molecular weight excluding hydrogens is 489 g/mol. The van der Waals surface area contributed by atoms with Gasteiger partial charge in [-0.2, -0.15) is 26.3 Å². The van der Waals surface area contributed by atoms with Crippen molar-refractivity contribution >= 4 is 28.6 Å². The normalized spacial score (nSPS) is 14.3. The molecule has 0 aliphatic heterocycles. The summed E-state index contributed by atoms with van der Waals surface area (Å²) in [5.41, 5.74) is 0. The molecule has 0 N–H and O–H groups in total. The van der Waals surface area contributed by atoms with Crippen molar-refractivity contribution in [2.75, 3.05) is 0 Å². The number of hydrogen-bond donors (Lipinski definition) is 0. The van der Waals surface area contributed by atoms with Crippen LogP contribution in [0.25, 0.3) is 0 Å². The molecule has 0 saturated carbocycles. The summed E-state index contributed by atoms with van der Waals surface area (Å²) in [4.78, 5) is 11.0. The van der Waals surface area contributed by atoms with Crippen LogP contribution in [0.3, 0.4) is 0 Å². The van der Waals surface area contributed by atoms with Crippen molar-refractivity contribution in [1.29, 1.82) is 0 Å². The Balaban J connectivity index is 4.33. The molecule has 0 aromatic rings. The molecule has 0 bridgehead atoms. The summed E-state index contributed by atoms with van der Waals surface area (Å²) < 4.78 is 78.1. The summed E-state index contributed by atoms with van der Waals surface area (Å²) in [5, 5.41) is 0. The van der Waals surface area contributed by atoms with Gasteiger partial charge in [-0.05, 0) is 35.4 Å². The van der Waals surface area contributed by atoms with E-state index in [1.165, 1.54) is 48.3 Å². The lowest BCUT2D eigenvalue weighted by molar-refractivity contribution is -0.203. The van der Waals surface area contributed by atoms with Gasteiger partial charge in [0, 0.05) is 9.66 Å². The van der Waals surface area contributed by atoms with Gasteiger partial charge in [-0.3, -0.25) is 0 Å². The fraction of sp³-hybridized carbons (Fsp3) is 0.833. The Bertz CT molecular complexity index is 446. The Morgan fingerprint density at radius 3 is 1.74 bits per heavy atom.